The van der Waals surface area contributed by atoms with Crippen LogP contribution in [0, 0.1) is 0 Å². The summed E-state index contributed by atoms with van der Waals surface area (Å²) in [5.41, 5.74) is 2.72. The molecule has 4 heteroatoms. The molecule has 0 fully saturated rings. The number of hydrogen-bond acceptors (Lipinski definition) is 2. The number of H-pyrrole nitrogens is 1. The Hall–Kier alpha value is -1.84. The van der Waals surface area contributed by atoms with E-state index in [0.717, 1.165) is 29.2 Å². The smallest absolute Gasteiger partial charge is 0.183 e. The molecule has 1 N–H and O–H groups in total. The van der Waals surface area contributed by atoms with E-state index in [1.165, 1.54) is 0 Å². The van der Waals surface area contributed by atoms with E-state index in [-0.39, 0.29) is 0 Å². The lowest BCUT2D eigenvalue weighted by atomic mass is 10.5. The summed E-state index contributed by atoms with van der Waals surface area (Å²) in [7, 11) is 0. The van der Waals surface area contributed by atoms with E-state index in [1.54, 1.807) is 0 Å². The molecular weight excluding hydrogens is 176 g/mol. The average molecular weight is 186 g/mol. The van der Waals surface area contributed by atoms with Crippen LogP contribution in [0.2, 0.25) is 0 Å². The van der Waals surface area contributed by atoms with Crippen molar-refractivity contribution in [2.45, 2.75) is 13.3 Å². The van der Waals surface area contributed by atoms with Crippen LogP contribution in [0.25, 0.3) is 16.9 Å². The first kappa shape index (κ1) is 7.55. The molecule has 0 amide bonds. The quantitative estimate of drug-likeness (QED) is 0.629. The second-order valence-corrected chi connectivity index (χ2v) is 3.25. The number of pyridine rings is 1. The maximum absolute atomic E-state index is 4.46. The van der Waals surface area contributed by atoms with Gasteiger partial charge in [-0.1, -0.05) is 13.0 Å². The van der Waals surface area contributed by atoms with Crippen molar-refractivity contribution >= 4 is 16.9 Å². The Morgan fingerprint density at radius 2 is 2.29 bits per heavy atom. The molecule has 14 heavy (non-hydrogen) atoms. The minimum absolute atomic E-state index is 0.869. The molecule has 0 aromatic carbocycles. The maximum Gasteiger partial charge on any atom is 0.183 e. The van der Waals surface area contributed by atoms with Crippen LogP contribution in [0.15, 0.2) is 24.4 Å². The summed E-state index contributed by atoms with van der Waals surface area (Å²) in [6, 6.07) is 5.93. The molecule has 0 aliphatic carbocycles. The number of nitrogens with one attached hydrogen (secondary N) is 1. The fourth-order valence-electron chi connectivity index (χ4n) is 1.63. The topological polar surface area (TPSA) is 46.0 Å². The van der Waals surface area contributed by atoms with E-state index in [0.29, 0.717) is 0 Å². The molecule has 0 aliphatic heterocycles. The van der Waals surface area contributed by atoms with Crippen LogP contribution in [0.1, 0.15) is 12.7 Å². The maximum atomic E-state index is 4.46. The van der Waals surface area contributed by atoms with Crippen molar-refractivity contribution in [2.24, 2.45) is 0 Å². The molecular formula is C10H10N4. The van der Waals surface area contributed by atoms with Gasteiger partial charge in [0.2, 0.25) is 0 Å². The molecule has 4 nitrogen and oxygen atoms in total. The van der Waals surface area contributed by atoms with Crippen molar-refractivity contribution in [1.29, 1.82) is 0 Å². The third kappa shape index (κ3) is 0.878. The lowest BCUT2D eigenvalue weighted by Crippen LogP contribution is -1.86. The van der Waals surface area contributed by atoms with Gasteiger partial charge in [0.1, 0.15) is 11.5 Å². The first-order valence-corrected chi connectivity index (χ1v) is 4.70. The van der Waals surface area contributed by atoms with E-state index < -0.39 is 0 Å². The minimum atomic E-state index is 0.869. The molecule has 3 rings (SSSR count). The number of rotatable bonds is 1. The number of aryl methyl sites for hydroxylation is 1. The highest BCUT2D eigenvalue weighted by molar-refractivity contribution is 5.73. The molecule has 70 valence electrons. The van der Waals surface area contributed by atoms with Gasteiger partial charge in [-0.15, -0.1) is 0 Å². The van der Waals surface area contributed by atoms with Crippen molar-refractivity contribution in [3.8, 4) is 0 Å². The van der Waals surface area contributed by atoms with Crippen molar-refractivity contribution in [2.75, 3.05) is 0 Å². The van der Waals surface area contributed by atoms with Gasteiger partial charge in [0.05, 0.1) is 0 Å². The van der Waals surface area contributed by atoms with Crippen LogP contribution in [0.5, 0.6) is 0 Å². The zero-order valence-electron chi connectivity index (χ0n) is 7.86. The van der Waals surface area contributed by atoms with Gasteiger partial charge in [-0.2, -0.15) is 0 Å². The van der Waals surface area contributed by atoms with Crippen molar-refractivity contribution < 1.29 is 0 Å². The van der Waals surface area contributed by atoms with Crippen LogP contribution in [-0.2, 0) is 6.42 Å². The summed E-state index contributed by atoms with van der Waals surface area (Å²) in [6.45, 7) is 2.07. The summed E-state index contributed by atoms with van der Waals surface area (Å²) >= 11 is 0. The summed E-state index contributed by atoms with van der Waals surface area (Å²) < 4.78 is 1.99. The molecule has 0 saturated heterocycles. The van der Waals surface area contributed by atoms with Gasteiger partial charge in [0.15, 0.2) is 11.3 Å². The summed E-state index contributed by atoms with van der Waals surface area (Å²) in [5, 5.41) is 0. The predicted molar refractivity (Wildman–Crippen MR) is 54.2 cm³/mol. The Morgan fingerprint density at radius 1 is 1.36 bits per heavy atom. The standard InChI is InChI=1S/C10H10N4/c1-2-7-11-9-10(12-7)14-6-4-3-5-8(14)13-9/h3-6H,2H2,1H3,(H,11,12). The SMILES string of the molecule is CCc1nc2c(nc3ccccn32)[nH]1. The van der Waals surface area contributed by atoms with E-state index in [4.69, 9.17) is 0 Å². The van der Waals surface area contributed by atoms with Crippen LogP contribution >= 0.6 is 0 Å². The van der Waals surface area contributed by atoms with Crippen LogP contribution in [-0.4, -0.2) is 19.4 Å². The molecule has 0 aliphatic rings. The van der Waals surface area contributed by atoms with E-state index >= 15 is 0 Å². The molecule has 0 atom stereocenters. The van der Waals surface area contributed by atoms with Gasteiger partial charge in [0.25, 0.3) is 0 Å². The highest BCUT2D eigenvalue weighted by Gasteiger charge is 2.07. The average Bonchev–Trinajstić information content (AvgIpc) is 2.73. The van der Waals surface area contributed by atoms with E-state index in [9.17, 15) is 0 Å². The fourth-order valence-corrected chi connectivity index (χ4v) is 1.63. The first-order chi connectivity index (χ1) is 6.88. The molecule has 0 spiro atoms. The van der Waals surface area contributed by atoms with Gasteiger partial charge < -0.3 is 4.98 Å². The number of hydrogen-bond donors (Lipinski definition) is 1. The first-order valence-electron chi connectivity index (χ1n) is 4.70. The largest absolute Gasteiger partial charge is 0.325 e. The summed E-state index contributed by atoms with van der Waals surface area (Å²) in [5.74, 6) is 0.987. The second-order valence-electron chi connectivity index (χ2n) is 3.25. The van der Waals surface area contributed by atoms with Crippen molar-refractivity contribution in [3.05, 3.63) is 30.2 Å². The summed E-state index contributed by atoms with van der Waals surface area (Å²) in [6.07, 6.45) is 2.89. The Kier molecular flexibility index (Phi) is 1.39. The Balaban J connectivity index is 2.45. The number of aromatic nitrogens is 4. The molecule has 0 saturated carbocycles. The van der Waals surface area contributed by atoms with Gasteiger partial charge >= 0.3 is 0 Å². The number of nitrogens with zero attached hydrogens (tertiary/aromatic N) is 3. The van der Waals surface area contributed by atoms with Gasteiger partial charge in [-0.3, -0.25) is 4.40 Å². The van der Waals surface area contributed by atoms with Crippen LogP contribution in [0.4, 0.5) is 0 Å². The lowest BCUT2D eigenvalue weighted by Gasteiger charge is -1.90. The van der Waals surface area contributed by atoms with Crippen molar-refractivity contribution in [1.82, 2.24) is 19.4 Å². The Labute approximate surface area is 80.6 Å². The normalized spacial score (nSPS) is 11.5. The fraction of sp³-hybridized carbons (Fsp3) is 0.200. The highest BCUT2D eigenvalue weighted by atomic mass is 15.1. The van der Waals surface area contributed by atoms with Crippen LogP contribution in [0.3, 0.4) is 0 Å². The predicted octanol–water partition coefficient (Wildman–Crippen LogP) is 1.77. The minimum Gasteiger partial charge on any atom is -0.325 e. The third-order valence-corrected chi connectivity index (χ3v) is 2.34. The molecule has 0 radical (unpaired) electrons. The van der Waals surface area contributed by atoms with Gasteiger partial charge in [-0.05, 0) is 12.1 Å². The molecule has 3 aromatic rings. The second kappa shape index (κ2) is 2.57. The van der Waals surface area contributed by atoms with Gasteiger partial charge in [0, 0.05) is 12.6 Å². The molecule has 0 bridgehead atoms. The van der Waals surface area contributed by atoms with E-state index in [1.807, 2.05) is 28.8 Å². The zero-order chi connectivity index (χ0) is 9.54. The number of imidazole rings is 2. The Morgan fingerprint density at radius 3 is 3.14 bits per heavy atom. The highest BCUT2D eigenvalue weighted by Crippen LogP contribution is 2.13. The number of aromatic amines is 1. The van der Waals surface area contributed by atoms with Gasteiger partial charge in [-0.25, -0.2) is 9.97 Å². The van der Waals surface area contributed by atoms with Crippen molar-refractivity contribution in [3.63, 3.8) is 0 Å². The van der Waals surface area contributed by atoms with E-state index in [2.05, 4.69) is 21.9 Å². The van der Waals surface area contributed by atoms with Crippen LogP contribution < -0.4 is 0 Å². The Bertz CT molecular complexity index is 590. The summed E-state index contributed by atoms with van der Waals surface area (Å²) in [4.78, 5) is 12.1. The number of fused-ring (bicyclic) bond motifs is 3. The molecule has 0 unspecified atom stereocenters. The molecule has 3 heterocycles. The molecule has 3 aromatic heterocycles. The monoisotopic (exact) mass is 186 g/mol. The third-order valence-electron chi connectivity index (χ3n) is 2.34. The zero-order valence-corrected chi connectivity index (χ0v) is 7.86. The lowest BCUT2D eigenvalue weighted by molar-refractivity contribution is 0.986.